The van der Waals surface area contributed by atoms with Crippen LogP contribution in [0.4, 0.5) is 5.69 Å². The highest BCUT2D eigenvalue weighted by Gasteiger charge is 2.13. The molecule has 0 saturated heterocycles. The summed E-state index contributed by atoms with van der Waals surface area (Å²) in [5.74, 6) is 0.398. The second kappa shape index (κ2) is 9.73. The van der Waals surface area contributed by atoms with Crippen LogP contribution < -0.4 is 5.32 Å². The highest BCUT2D eigenvalue weighted by Crippen LogP contribution is 2.31. The molecule has 1 amide bonds. The Morgan fingerprint density at radius 1 is 1.09 bits per heavy atom. The monoisotopic (exact) mass is 480 g/mol. The van der Waals surface area contributed by atoms with Crippen molar-refractivity contribution in [3.05, 3.63) is 87.7 Å². The molecule has 4 rings (SSSR count). The Labute approximate surface area is 200 Å². The molecule has 1 heterocycles. The van der Waals surface area contributed by atoms with E-state index < -0.39 is 0 Å². The number of rotatable bonds is 6. The topological polar surface area (TPSA) is 62.7 Å². The van der Waals surface area contributed by atoms with E-state index in [9.17, 15) is 4.79 Å². The van der Waals surface area contributed by atoms with Gasteiger partial charge in [0.05, 0.1) is 0 Å². The molecule has 0 aliphatic heterocycles. The summed E-state index contributed by atoms with van der Waals surface area (Å²) in [7, 11) is 0. The van der Waals surface area contributed by atoms with E-state index in [-0.39, 0.29) is 12.5 Å². The molecule has 0 bridgehead atoms. The number of hydrogen-bond acceptors (Lipinski definition) is 4. The number of amides is 1. The standard InChI is InChI=1S/C24H21ClN4OS2/c1-15-3-4-16(2)21(13-15)32-20-11-9-19(10-12-20)26-22(30)14-29-23(27-28-24(29)31)17-5-7-18(25)8-6-17/h3-13H,14H2,1-2H3,(H,26,30)(H,28,31). The van der Waals surface area contributed by atoms with Crippen molar-refractivity contribution in [1.29, 1.82) is 0 Å². The number of carbonyl (C=O) groups is 1. The van der Waals surface area contributed by atoms with Gasteiger partial charge in [0.25, 0.3) is 0 Å². The van der Waals surface area contributed by atoms with Crippen LogP contribution >= 0.6 is 35.6 Å². The molecule has 0 fully saturated rings. The summed E-state index contributed by atoms with van der Waals surface area (Å²) >= 11 is 13.0. The van der Waals surface area contributed by atoms with Gasteiger partial charge in [-0.25, -0.2) is 0 Å². The smallest absolute Gasteiger partial charge is 0.244 e. The molecule has 2 N–H and O–H groups in total. The van der Waals surface area contributed by atoms with Gasteiger partial charge in [0, 0.05) is 26.1 Å². The van der Waals surface area contributed by atoms with E-state index in [2.05, 4.69) is 47.6 Å². The van der Waals surface area contributed by atoms with E-state index in [1.54, 1.807) is 28.5 Å². The maximum Gasteiger partial charge on any atom is 0.244 e. The molecular formula is C24H21ClN4OS2. The van der Waals surface area contributed by atoms with Crippen LogP contribution in [0.25, 0.3) is 11.4 Å². The summed E-state index contributed by atoms with van der Waals surface area (Å²) in [6, 6.07) is 21.5. The average Bonchev–Trinajstić information content (AvgIpc) is 3.13. The molecule has 32 heavy (non-hydrogen) atoms. The van der Waals surface area contributed by atoms with Crippen molar-refractivity contribution in [3.63, 3.8) is 0 Å². The van der Waals surface area contributed by atoms with Gasteiger partial charge in [-0.2, -0.15) is 5.10 Å². The van der Waals surface area contributed by atoms with E-state index in [1.165, 1.54) is 16.0 Å². The molecule has 0 radical (unpaired) electrons. The lowest BCUT2D eigenvalue weighted by Gasteiger charge is -2.10. The average molecular weight is 481 g/mol. The largest absolute Gasteiger partial charge is 0.325 e. The zero-order valence-corrected chi connectivity index (χ0v) is 19.9. The molecule has 5 nitrogen and oxygen atoms in total. The third-order valence-corrected chi connectivity index (χ3v) is 6.60. The Morgan fingerprint density at radius 3 is 2.53 bits per heavy atom. The van der Waals surface area contributed by atoms with Crippen LogP contribution in [0, 0.1) is 18.6 Å². The fourth-order valence-corrected chi connectivity index (χ4v) is 4.50. The number of anilines is 1. The van der Waals surface area contributed by atoms with Crippen molar-refractivity contribution < 1.29 is 4.79 Å². The quantitative estimate of drug-likeness (QED) is 0.302. The minimum absolute atomic E-state index is 0.0479. The summed E-state index contributed by atoms with van der Waals surface area (Å²) in [6.07, 6.45) is 0. The Morgan fingerprint density at radius 2 is 1.81 bits per heavy atom. The third-order valence-electron chi connectivity index (χ3n) is 4.87. The van der Waals surface area contributed by atoms with E-state index in [0.29, 0.717) is 15.6 Å². The SMILES string of the molecule is Cc1ccc(C)c(Sc2ccc(NC(=O)Cn3c(-c4ccc(Cl)cc4)n[nH]c3=S)cc2)c1. The predicted octanol–water partition coefficient (Wildman–Crippen LogP) is 6.67. The lowest BCUT2D eigenvalue weighted by atomic mass is 10.2. The first kappa shape index (κ1) is 22.3. The molecule has 162 valence electrons. The highest BCUT2D eigenvalue weighted by atomic mass is 35.5. The number of nitrogens with zero attached hydrogens (tertiary/aromatic N) is 2. The van der Waals surface area contributed by atoms with Crippen molar-refractivity contribution in [2.75, 3.05) is 5.32 Å². The number of halogens is 1. The molecular weight excluding hydrogens is 460 g/mol. The normalized spacial score (nSPS) is 10.8. The lowest BCUT2D eigenvalue weighted by Crippen LogP contribution is -2.19. The summed E-state index contributed by atoms with van der Waals surface area (Å²) in [4.78, 5) is 15.0. The van der Waals surface area contributed by atoms with Crippen LogP contribution in [-0.4, -0.2) is 20.7 Å². The fourth-order valence-electron chi connectivity index (χ4n) is 3.18. The Bertz CT molecular complexity index is 1310. The van der Waals surface area contributed by atoms with Gasteiger partial charge < -0.3 is 5.32 Å². The fraction of sp³-hybridized carbons (Fsp3) is 0.125. The Balaban J connectivity index is 1.44. The van der Waals surface area contributed by atoms with Crippen molar-refractivity contribution in [2.24, 2.45) is 0 Å². The number of hydrogen-bond donors (Lipinski definition) is 2. The van der Waals surface area contributed by atoms with E-state index in [0.717, 1.165) is 16.1 Å². The number of benzene rings is 3. The maximum absolute atomic E-state index is 12.7. The van der Waals surface area contributed by atoms with E-state index in [1.807, 2.05) is 36.4 Å². The van der Waals surface area contributed by atoms with Gasteiger partial charge >= 0.3 is 0 Å². The van der Waals surface area contributed by atoms with Gasteiger partial charge in [-0.15, -0.1) is 0 Å². The lowest BCUT2D eigenvalue weighted by molar-refractivity contribution is -0.116. The first-order chi connectivity index (χ1) is 15.4. The Kier molecular flexibility index (Phi) is 6.79. The molecule has 8 heteroatoms. The second-order valence-corrected chi connectivity index (χ2v) is 9.33. The van der Waals surface area contributed by atoms with Crippen LogP contribution in [0.5, 0.6) is 0 Å². The van der Waals surface area contributed by atoms with Crippen LogP contribution in [0.15, 0.2) is 76.5 Å². The summed E-state index contributed by atoms with van der Waals surface area (Å²) < 4.78 is 2.05. The van der Waals surface area contributed by atoms with Crippen molar-refractivity contribution in [2.45, 2.75) is 30.2 Å². The highest BCUT2D eigenvalue weighted by molar-refractivity contribution is 7.99. The minimum Gasteiger partial charge on any atom is -0.325 e. The molecule has 0 aliphatic carbocycles. The summed E-state index contributed by atoms with van der Waals surface area (Å²) in [5, 5.41) is 10.6. The van der Waals surface area contributed by atoms with E-state index >= 15 is 0 Å². The molecule has 1 aromatic heterocycles. The minimum atomic E-state index is -0.187. The number of carbonyl (C=O) groups excluding carboxylic acids is 1. The number of H-pyrrole nitrogens is 1. The maximum atomic E-state index is 12.7. The van der Waals surface area contributed by atoms with Gasteiger partial charge in [0.2, 0.25) is 5.91 Å². The molecule has 0 atom stereocenters. The van der Waals surface area contributed by atoms with Gasteiger partial charge in [-0.05, 0) is 91.8 Å². The number of nitrogens with one attached hydrogen (secondary N) is 2. The molecule has 0 spiro atoms. The third kappa shape index (κ3) is 5.30. The van der Waals surface area contributed by atoms with Crippen LogP contribution in [-0.2, 0) is 11.3 Å². The summed E-state index contributed by atoms with van der Waals surface area (Å²) in [5.41, 5.74) is 4.02. The van der Waals surface area contributed by atoms with Crippen molar-refractivity contribution >= 4 is 47.2 Å². The molecule has 3 aromatic carbocycles. The van der Waals surface area contributed by atoms with Gasteiger partial charge in [0.1, 0.15) is 6.54 Å². The predicted molar refractivity (Wildman–Crippen MR) is 133 cm³/mol. The van der Waals surface area contributed by atoms with Crippen molar-refractivity contribution in [1.82, 2.24) is 14.8 Å². The Hall–Kier alpha value is -2.87. The molecule has 4 aromatic rings. The van der Waals surface area contributed by atoms with Gasteiger partial charge in [-0.1, -0.05) is 35.5 Å². The first-order valence-electron chi connectivity index (χ1n) is 9.95. The molecule has 0 saturated carbocycles. The number of aryl methyl sites for hydroxylation is 2. The second-order valence-electron chi connectivity index (χ2n) is 7.39. The zero-order valence-electron chi connectivity index (χ0n) is 17.6. The molecule has 0 aliphatic rings. The number of aromatic amines is 1. The van der Waals surface area contributed by atoms with Crippen molar-refractivity contribution in [3.8, 4) is 11.4 Å². The van der Waals surface area contributed by atoms with Gasteiger partial charge in [-0.3, -0.25) is 14.5 Å². The van der Waals surface area contributed by atoms with Crippen LogP contribution in [0.2, 0.25) is 5.02 Å². The van der Waals surface area contributed by atoms with E-state index in [4.69, 9.17) is 23.8 Å². The zero-order chi connectivity index (χ0) is 22.7. The summed E-state index contributed by atoms with van der Waals surface area (Å²) in [6.45, 7) is 4.24. The molecule has 0 unspecified atom stereocenters. The van der Waals surface area contributed by atoms with Crippen LogP contribution in [0.1, 0.15) is 11.1 Å². The van der Waals surface area contributed by atoms with Gasteiger partial charge in [0.15, 0.2) is 10.6 Å². The number of aromatic nitrogens is 3. The first-order valence-corrected chi connectivity index (χ1v) is 11.6. The van der Waals surface area contributed by atoms with Crippen LogP contribution in [0.3, 0.4) is 0 Å².